The molecule has 0 aliphatic carbocycles. The van der Waals surface area contributed by atoms with Crippen LogP contribution in [0.3, 0.4) is 0 Å². The quantitative estimate of drug-likeness (QED) is 0.776. The fourth-order valence-corrected chi connectivity index (χ4v) is 1.78. The third kappa shape index (κ3) is 3.26. The Morgan fingerprint density at radius 1 is 1.09 bits per heavy atom. The molecular formula is C15H12FN5O. The Balaban J connectivity index is 1.67. The van der Waals surface area contributed by atoms with E-state index >= 15 is 0 Å². The number of benzene rings is 1. The first-order valence-electron chi connectivity index (χ1n) is 6.51. The van der Waals surface area contributed by atoms with Crippen molar-refractivity contribution in [2.75, 3.05) is 10.7 Å². The number of hydrogen-bond donors (Lipinski definition) is 2. The maximum absolute atomic E-state index is 12.8. The Labute approximate surface area is 125 Å². The molecule has 22 heavy (non-hydrogen) atoms. The number of anilines is 2. The number of carbonyl (C=O) groups excluding carboxylic acids is 1. The summed E-state index contributed by atoms with van der Waals surface area (Å²) in [5.41, 5.74) is 3.64. The second kappa shape index (κ2) is 6.04. The van der Waals surface area contributed by atoms with Gasteiger partial charge in [0, 0.05) is 18.1 Å². The topological polar surface area (TPSA) is 71.8 Å². The molecule has 0 spiro atoms. The minimum atomic E-state index is -0.381. The van der Waals surface area contributed by atoms with Gasteiger partial charge in [0.05, 0.1) is 0 Å². The molecule has 2 heterocycles. The summed E-state index contributed by atoms with van der Waals surface area (Å²) in [5.74, 6) is -0.133. The van der Waals surface area contributed by atoms with Gasteiger partial charge in [0.15, 0.2) is 5.69 Å². The molecule has 7 heteroatoms. The van der Waals surface area contributed by atoms with Gasteiger partial charge in [0.1, 0.15) is 11.6 Å². The molecule has 0 fully saturated rings. The van der Waals surface area contributed by atoms with Crippen molar-refractivity contribution >= 4 is 17.4 Å². The predicted molar refractivity (Wildman–Crippen MR) is 79.8 cm³/mol. The Morgan fingerprint density at radius 2 is 1.91 bits per heavy atom. The number of halogens is 1. The summed E-state index contributed by atoms with van der Waals surface area (Å²) in [6.07, 6.45) is 3.25. The zero-order chi connectivity index (χ0) is 15.4. The minimum Gasteiger partial charge on any atom is -0.321 e. The molecular weight excluding hydrogens is 285 g/mol. The van der Waals surface area contributed by atoms with Gasteiger partial charge in [-0.1, -0.05) is 6.07 Å². The van der Waals surface area contributed by atoms with Crippen LogP contribution < -0.4 is 10.7 Å². The van der Waals surface area contributed by atoms with Crippen LogP contribution in [0.15, 0.2) is 60.9 Å². The van der Waals surface area contributed by atoms with E-state index < -0.39 is 0 Å². The summed E-state index contributed by atoms with van der Waals surface area (Å²) in [7, 11) is 0. The minimum absolute atomic E-state index is 0.229. The van der Waals surface area contributed by atoms with E-state index in [-0.39, 0.29) is 17.4 Å². The molecule has 1 aromatic carbocycles. The number of nitrogens with one attached hydrogen (secondary N) is 2. The first-order chi connectivity index (χ1) is 10.7. The van der Waals surface area contributed by atoms with Crippen LogP contribution in [0.5, 0.6) is 0 Å². The molecule has 0 bridgehead atoms. The number of nitrogens with zero attached hydrogens (tertiary/aromatic N) is 3. The summed E-state index contributed by atoms with van der Waals surface area (Å²) in [5, 5.41) is 6.74. The van der Waals surface area contributed by atoms with E-state index in [1.165, 1.54) is 29.1 Å². The van der Waals surface area contributed by atoms with Crippen LogP contribution in [-0.4, -0.2) is 20.8 Å². The molecule has 0 saturated heterocycles. The lowest BCUT2D eigenvalue weighted by molar-refractivity contribution is 0.102. The number of carbonyl (C=O) groups is 1. The average Bonchev–Trinajstić information content (AvgIpc) is 2.99. The zero-order valence-electron chi connectivity index (χ0n) is 11.4. The van der Waals surface area contributed by atoms with Crippen LogP contribution >= 0.6 is 0 Å². The Morgan fingerprint density at radius 3 is 2.64 bits per heavy atom. The van der Waals surface area contributed by atoms with Gasteiger partial charge in [-0.3, -0.25) is 10.2 Å². The molecule has 0 atom stereocenters. The van der Waals surface area contributed by atoms with E-state index in [2.05, 4.69) is 20.8 Å². The summed E-state index contributed by atoms with van der Waals surface area (Å²) in [4.78, 5) is 17.5. The lowest BCUT2D eigenvalue weighted by Crippen LogP contribution is -2.15. The second-order valence-corrected chi connectivity index (χ2v) is 4.43. The molecule has 0 unspecified atom stereocenters. The van der Waals surface area contributed by atoms with Gasteiger partial charge >= 0.3 is 0 Å². The normalized spacial score (nSPS) is 10.2. The number of amides is 1. The van der Waals surface area contributed by atoms with E-state index in [0.717, 1.165) is 0 Å². The SMILES string of the molecule is O=C(Nc1ccc(F)cc1)c1ccn(Nc2ccccn2)n1. The Hall–Kier alpha value is -3.22. The van der Waals surface area contributed by atoms with Crippen molar-refractivity contribution in [2.24, 2.45) is 0 Å². The molecule has 0 aliphatic rings. The first-order valence-corrected chi connectivity index (χ1v) is 6.51. The van der Waals surface area contributed by atoms with Crippen molar-refractivity contribution in [1.82, 2.24) is 14.9 Å². The molecule has 2 aromatic heterocycles. The van der Waals surface area contributed by atoms with Crippen LogP contribution in [0.2, 0.25) is 0 Å². The second-order valence-electron chi connectivity index (χ2n) is 4.43. The molecule has 3 aromatic rings. The summed E-state index contributed by atoms with van der Waals surface area (Å²) < 4.78 is 12.8. The molecule has 0 radical (unpaired) electrons. The molecule has 1 amide bonds. The Kier molecular flexibility index (Phi) is 3.78. The summed E-state index contributed by atoms with van der Waals surface area (Å²) >= 11 is 0. The standard InChI is InChI=1S/C15H12FN5O/c16-11-4-6-12(7-5-11)18-15(22)13-8-10-21(19-13)20-14-3-1-2-9-17-14/h1-10H,(H,17,20)(H,18,22). The van der Waals surface area contributed by atoms with Gasteiger partial charge < -0.3 is 5.32 Å². The van der Waals surface area contributed by atoms with Crippen LogP contribution in [-0.2, 0) is 0 Å². The molecule has 0 saturated carbocycles. The zero-order valence-corrected chi connectivity index (χ0v) is 11.4. The number of pyridine rings is 1. The van der Waals surface area contributed by atoms with Gasteiger partial charge in [-0.2, -0.15) is 4.79 Å². The van der Waals surface area contributed by atoms with E-state index in [1.54, 1.807) is 30.6 Å². The number of aromatic nitrogens is 3. The van der Waals surface area contributed by atoms with Crippen molar-refractivity contribution in [3.8, 4) is 0 Å². The van der Waals surface area contributed by atoms with Crippen molar-refractivity contribution in [3.05, 3.63) is 72.4 Å². The van der Waals surface area contributed by atoms with Crippen molar-refractivity contribution in [3.63, 3.8) is 0 Å². The molecule has 6 nitrogen and oxygen atoms in total. The molecule has 0 aliphatic heterocycles. The highest BCUT2D eigenvalue weighted by Crippen LogP contribution is 2.10. The van der Waals surface area contributed by atoms with Crippen LogP contribution in [0.25, 0.3) is 0 Å². The van der Waals surface area contributed by atoms with E-state index in [4.69, 9.17) is 0 Å². The van der Waals surface area contributed by atoms with Crippen molar-refractivity contribution < 1.29 is 9.18 Å². The van der Waals surface area contributed by atoms with E-state index in [0.29, 0.717) is 11.5 Å². The molecule has 110 valence electrons. The van der Waals surface area contributed by atoms with Gasteiger partial charge in [0.2, 0.25) is 0 Å². The third-order valence-corrected chi connectivity index (χ3v) is 2.82. The first kappa shape index (κ1) is 13.7. The number of rotatable bonds is 4. The number of hydrogen-bond acceptors (Lipinski definition) is 4. The smallest absolute Gasteiger partial charge is 0.276 e. The monoisotopic (exact) mass is 297 g/mol. The summed E-state index contributed by atoms with van der Waals surface area (Å²) in [6, 6.07) is 12.5. The lowest BCUT2D eigenvalue weighted by Gasteiger charge is -2.04. The van der Waals surface area contributed by atoms with Crippen LogP contribution in [0.1, 0.15) is 10.5 Å². The highest BCUT2D eigenvalue weighted by Gasteiger charge is 2.10. The average molecular weight is 297 g/mol. The fourth-order valence-electron chi connectivity index (χ4n) is 1.78. The Bertz CT molecular complexity index is 770. The molecule has 2 N–H and O–H groups in total. The van der Waals surface area contributed by atoms with Crippen molar-refractivity contribution in [1.29, 1.82) is 0 Å². The summed E-state index contributed by atoms with van der Waals surface area (Å²) in [6.45, 7) is 0. The van der Waals surface area contributed by atoms with Gasteiger partial charge in [-0.05, 0) is 42.5 Å². The highest BCUT2D eigenvalue weighted by atomic mass is 19.1. The predicted octanol–water partition coefficient (Wildman–Crippen LogP) is 2.54. The van der Waals surface area contributed by atoms with E-state index in [9.17, 15) is 9.18 Å². The maximum atomic E-state index is 12.8. The van der Waals surface area contributed by atoms with Gasteiger partial charge in [0.25, 0.3) is 5.91 Å². The van der Waals surface area contributed by atoms with Gasteiger partial charge in [-0.25, -0.2) is 9.37 Å². The van der Waals surface area contributed by atoms with E-state index in [1.807, 2.05) is 6.07 Å². The highest BCUT2D eigenvalue weighted by molar-refractivity contribution is 6.02. The fraction of sp³-hybridized carbons (Fsp3) is 0. The maximum Gasteiger partial charge on any atom is 0.276 e. The molecule has 3 rings (SSSR count). The van der Waals surface area contributed by atoms with Crippen LogP contribution in [0.4, 0.5) is 15.9 Å². The lowest BCUT2D eigenvalue weighted by atomic mass is 10.3. The van der Waals surface area contributed by atoms with Gasteiger partial charge in [-0.15, -0.1) is 5.10 Å². The third-order valence-electron chi connectivity index (χ3n) is 2.82. The largest absolute Gasteiger partial charge is 0.321 e. The van der Waals surface area contributed by atoms with Crippen molar-refractivity contribution in [2.45, 2.75) is 0 Å². The van der Waals surface area contributed by atoms with Crippen LogP contribution in [0, 0.1) is 5.82 Å².